The number of likely N-dealkylation sites (tertiary alicyclic amines) is 3. The molecular weight excluding hydrogens is 1470 g/mol. The Labute approximate surface area is 651 Å². The van der Waals surface area contributed by atoms with Crippen LogP contribution in [0.2, 0.25) is 5.02 Å². The number of nitrogens with two attached hydrogens (primary N) is 1. The third-order valence-electron chi connectivity index (χ3n) is 17.2. The molecule has 4 fully saturated rings. The Bertz CT molecular complexity index is 4370. The van der Waals surface area contributed by atoms with Crippen molar-refractivity contribution in [3.05, 3.63) is 126 Å². The predicted molar refractivity (Wildman–Crippen MR) is 425 cm³/mol. The van der Waals surface area contributed by atoms with Crippen molar-refractivity contribution >= 4 is 144 Å². The summed E-state index contributed by atoms with van der Waals surface area (Å²) in [5, 5.41) is 13.6. The molecule has 3 saturated heterocycles. The number of rotatable bonds is 16. The molecule has 8 aromatic rings. The summed E-state index contributed by atoms with van der Waals surface area (Å²) >= 11 is 10.8. The van der Waals surface area contributed by atoms with Crippen molar-refractivity contribution in [1.82, 2.24) is 54.6 Å². The first-order chi connectivity index (χ1) is 51.6. The molecule has 0 unspecified atom stereocenters. The first kappa shape index (κ1) is 87.9. The molecule has 0 spiro atoms. The Morgan fingerprint density at radius 1 is 0.486 bits per heavy atom. The Balaban J connectivity index is 0.000000213. The summed E-state index contributed by atoms with van der Waals surface area (Å²) in [6, 6.07) is 8.05. The van der Waals surface area contributed by atoms with Gasteiger partial charge in [-0.3, -0.25) is 9.59 Å². The zero-order valence-electron chi connectivity index (χ0n) is 63.7. The summed E-state index contributed by atoms with van der Waals surface area (Å²) in [5.41, 5.74) is 11.5. The Kier molecular flexibility index (Phi) is 34.4. The SMILES string of the molecule is C=CC(=O)Cl.C=CC(=O)N1CCC[C@@H](Nc2c(C(=O)OCC)cnc3[nH]ccc23)C1.CC(C)(C)OC(=O)N1CCC[C@@H](N)C1.CCOC(=O)c1cnc2[nH]ccc2c1Cl.CCOC(=O)c1cnc2[nH]ccc2c1NC1CCCCC1.CCOC(=O)c1cnc2[nH]ccc2c1N[C@@H]1CCCN(C(=O)OC(C)(C)C)C1.Cl. The normalized spacial score (nSPS) is 16.3. The molecule has 3 aliphatic heterocycles. The number of aromatic amines is 4. The van der Waals surface area contributed by atoms with Gasteiger partial charge in [-0.1, -0.05) is 44.0 Å². The second-order valence-corrected chi connectivity index (χ2v) is 28.4. The maximum absolute atomic E-state index is 12.4. The molecule has 1 aliphatic carbocycles. The number of halogens is 3. The summed E-state index contributed by atoms with van der Waals surface area (Å²) in [6.45, 7) is 30.0. The number of esters is 4. The summed E-state index contributed by atoms with van der Waals surface area (Å²) < 4.78 is 31.1. The maximum atomic E-state index is 12.4. The molecule has 109 heavy (non-hydrogen) atoms. The molecule has 29 nitrogen and oxygen atoms in total. The van der Waals surface area contributed by atoms with Crippen LogP contribution in [0.5, 0.6) is 0 Å². The van der Waals surface area contributed by atoms with E-state index in [4.69, 9.17) is 57.4 Å². The summed E-state index contributed by atoms with van der Waals surface area (Å²) in [4.78, 5) is 128. The number of pyridine rings is 4. The molecule has 32 heteroatoms. The van der Waals surface area contributed by atoms with Crippen LogP contribution in [0.25, 0.3) is 44.1 Å². The van der Waals surface area contributed by atoms with Crippen molar-refractivity contribution in [3.63, 3.8) is 0 Å². The molecule has 9 N–H and O–H groups in total. The number of aromatic nitrogens is 8. The molecule has 592 valence electrons. The zero-order valence-corrected chi connectivity index (χ0v) is 66.1. The number of allylic oxidation sites excluding steroid dienone is 1. The van der Waals surface area contributed by atoms with Crippen molar-refractivity contribution in [3.8, 4) is 0 Å². The van der Waals surface area contributed by atoms with E-state index in [1.165, 1.54) is 43.9 Å². The van der Waals surface area contributed by atoms with E-state index in [9.17, 15) is 38.4 Å². The van der Waals surface area contributed by atoms with Crippen molar-refractivity contribution in [1.29, 1.82) is 0 Å². The van der Waals surface area contributed by atoms with E-state index < -0.39 is 34.4 Å². The lowest BCUT2D eigenvalue weighted by atomic mass is 9.95. The minimum Gasteiger partial charge on any atom is -0.462 e. The standard InChI is InChI=1S/C20H28N4O4.C18H22N4O3.C16H21N3O2.C10H9ClN2O2.C10H20N2O2.C3H3ClO.ClH/c1-5-27-18(25)15-11-22-17-14(8-9-21-17)16(15)23-13-7-6-10-24(12-13)19(26)28-20(2,3)4;1-3-15(23)22-9-5-6-12(11-22)21-16-13-7-8-19-17(13)20-10-14(16)18(24)25-4-2;1-2-21-16(20)13-10-18-15-12(8-9-17-15)14(13)19-11-6-4-3-5-7-11;1-2-15-10(14)7-5-13-9-6(8(7)11)3-4-12-9;1-10(2,3)14-9(13)12-6-4-5-8(11)7-12;1-2-3(4)5;/h8-9,11,13H,5-7,10,12H2,1-4H3,(H2,21,22,23);3,7-8,10,12H,1,4-6,9,11H2,2H3,(H2,19,20,21);8-11H,2-7H2,1H3,(H2,17,18,19);3-5H,2H2,1H3,(H,12,13);8H,4-7,11H2,1-3H3;2H,1H2;1H/t13-;12-;;;8-;;/m11..1../s1. The van der Waals surface area contributed by atoms with Gasteiger partial charge in [-0.2, -0.15) is 0 Å². The van der Waals surface area contributed by atoms with E-state index in [2.05, 4.69) is 69.0 Å². The van der Waals surface area contributed by atoms with Crippen molar-refractivity contribution in [2.45, 2.75) is 175 Å². The second-order valence-electron chi connectivity index (χ2n) is 27.7. The quantitative estimate of drug-likeness (QED) is 0.0193. The van der Waals surface area contributed by atoms with E-state index in [0.29, 0.717) is 114 Å². The molecule has 12 rings (SSSR count). The highest BCUT2D eigenvalue weighted by molar-refractivity contribution is 6.66. The zero-order chi connectivity index (χ0) is 78.7. The van der Waals surface area contributed by atoms with Crippen molar-refractivity contribution in [2.75, 3.05) is 81.6 Å². The van der Waals surface area contributed by atoms with Crippen LogP contribution in [0.4, 0.5) is 26.7 Å². The third-order valence-corrected chi connectivity index (χ3v) is 17.7. The maximum Gasteiger partial charge on any atom is 0.410 e. The Hall–Kier alpha value is -9.97. The topological polar surface area (TPSA) is 378 Å². The van der Waals surface area contributed by atoms with Crippen molar-refractivity contribution in [2.24, 2.45) is 5.73 Å². The van der Waals surface area contributed by atoms with E-state index in [1.807, 2.05) is 72.9 Å². The number of nitrogens with one attached hydrogen (secondary N) is 7. The average Bonchev–Trinajstić information content (AvgIpc) is 1.63. The predicted octanol–water partition coefficient (Wildman–Crippen LogP) is 14.5. The summed E-state index contributed by atoms with van der Waals surface area (Å²) in [6.07, 6.45) is 26.6. The monoisotopic (exact) mass is 1570 g/mol. The van der Waals surface area contributed by atoms with Crippen LogP contribution in [0.15, 0.2) is 99.2 Å². The lowest BCUT2D eigenvalue weighted by molar-refractivity contribution is -0.127. The molecule has 1 saturated carbocycles. The molecule has 3 amide bonds. The van der Waals surface area contributed by atoms with Crippen LogP contribution in [0.1, 0.15) is 181 Å². The second kappa shape index (κ2) is 42.7. The van der Waals surface area contributed by atoms with E-state index in [0.717, 1.165) is 103 Å². The van der Waals surface area contributed by atoms with Crippen LogP contribution in [0.3, 0.4) is 0 Å². The van der Waals surface area contributed by atoms with Gasteiger partial charge in [0.2, 0.25) is 11.1 Å². The van der Waals surface area contributed by atoms with Gasteiger partial charge in [0.1, 0.15) is 50.5 Å². The molecule has 0 bridgehead atoms. The Morgan fingerprint density at radius 3 is 1.17 bits per heavy atom. The highest BCUT2D eigenvalue weighted by Crippen LogP contribution is 2.33. The molecule has 11 heterocycles. The number of piperidine rings is 3. The number of H-pyrrole nitrogens is 4. The van der Waals surface area contributed by atoms with Crippen LogP contribution < -0.4 is 21.7 Å². The third kappa shape index (κ3) is 26.1. The molecule has 0 aromatic carbocycles. The van der Waals surface area contributed by atoms with Gasteiger partial charge in [-0.05, 0) is 169 Å². The fourth-order valence-corrected chi connectivity index (χ4v) is 12.6. The number of anilines is 3. The highest BCUT2D eigenvalue weighted by Gasteiger charge is 2.32. The highest BCUT2D eigenvalue weighted by atomic mass is 35.5. The van der Waals surface area contributed by atoms with Crippen LogP contribution in [0, 0.1) is 0 Å². The lowest BCUT2D eigenvalue weighted by Gasteiger charge is -2.35. The van der Waals surface area contributed by atoms with Crippen LogP contribution in [-0.4, -0.2) is 203 Å². The van der Waals surface area contributed by atoms with Gasteiger partial charge in [0.05, 0.1) is 54.1 Å². The minimum atomic E-state index is -0.531. The smallest absolute Gasteiger partial charge is 0.410 e. The van der Waals surface area contributed by atoms with Gasteiger partial charge in [-0.25, -0.2) is 48.7 Å². The largest absolute Gasteiger partial charge is 0.462 e. The molecular formula is C77H104Cl3N15O14. The number of ether oxygens (including phenoxy) is 6. The van der Waals surface area contributed by atoms with Gasteiger partial charge in [-0.15, -0.1) is 12.4 Å². The van der Waals surface area contributed by atoms with Crippen molar-refractivity contribution < 1.29 is 66.8 Å². The molecule has 0 radical (unpaired) electrons. The number of hydrogen-bond acceptors (Lipinski definition) is 22. The lowest BCUT2D eigenvalue weighted by Crippen LogP contribution is -2.47. The average molecular weight is 1570 g/mol. The number of hydrogen-bond donors (Lipinski definition) is 8. The minimum absolute atomic E-state index is 0. The molecule has 4 aliphatic rings. The van der Waals surface area contributed by atoms with Crippen LogP contribution in [-0.2, 0) is 38.0 Å². The fourth-order valence-electron chi connectivity index (χ4n) is 12.3. The van der Waals surface area contributed by atoms with E-state index >= 15 is 0 Å². The van der Waals surface area contributed by atoms with Gasteiger partial charge in [0, 0.05) is 135 Å². The van der Waals surface area contributed by atoms with E-state index in [1.54, 1.807) is 66.3 Å². The Morgan fingerprint density at radius 2 is 0.807 bits per heavy atom. The van der Waals surface area contributed by atoms with Crippen LogP contribution >= 0.6 is 35.6 Å². The number of fused-ring (bicyclic) bond motifs is 4. The summed E-state index contributed by atoms with van der Waals surface area (Å²) in [7, 11) is 0. The first-order valence-corrected chi connectivity index (χ1v) is 37.3. The van der Waals surface area contributed by atoms with Gasteiger partial charge in [0.25, 0.3) is 0 Å². The number of carbonyl (C=O) groups is 8. The number of nitrogens with zero attached hydrogens (tertiary/aromatic N) is 7. The number of carbonyl (C=O) groups excluding carboxylic acids is 8. The van der Waals surface area contributed by atoms with E-state index in [-0.39, 0.29) is 54.6 Å². The van der Waals surface area contributed by atoms with Gasteiger partial charge >= 0.3 is 36.1 Å². The fraction of sp³-hybridized carbons (Fsp3) is 0.481. The van der Waals surface area contributed by atoms with Gasteiger partial charge < -0.3 is 84.7 Å². The summed E-state index contributed by atoms with van der Waals surface area (Å²) in [5.74, 6) is -1.65. The molecule has 3 atom stereocenters. The molecule has 8 aromatic heterocycles. The first-order valence-electron chi connectivity index (χ1n) is 36.5. The number of amides is 3. The van der Waals surface area contributed by atoms with Gasteiger partial charge in [0.15, 0.2) is 0 Å².